The van der Waals surface area contributed by atoms with Gasteiger partial charge in [0.15, 0.2) is 5.84 Å². The maximum atomic E-state index is 12.4. The molecular weight excluding hydrogens is 424 g/mol. The van der Waals surface area contributed by atoms with Crippen LogP contribution >= 0.6 is 11.3 Å². The van der Waals surface area contributed by atoms with Crippen LogP contribution in [0, 0.1) is 5.92 Å². The highest BCUT2D eigenvalue weighted by atomic mass is 32.1. The number of aliphatic hydroxyl groups excluding tert-OH is 1. The number of likely N-dealkylation sites (tertiary alicyclic amines) is 1. The van der Waals surface area contributed by atoms with Gasteiger partial charge in [0.1, 0.15) is 10.7 Å². The number of aliphatic hydroxyl groups is 1. The Morgan fingerprint density at radius 1 is 1.16 bits per heavy atom. The molecule has 3 unspecified atom stereocenters. The fourth-order valence-electron chi connectivity index (χ4n) is 5.08. The summed E-state index contributed by atoms with van der Waals surface area (Å²) in [5.41, 5.74) is 8.23. The number of amides is 1. The van der Waals surface area contributed by atoms with Crippen LogP contribution in [0.15, 0.2) is 58.9 Å². The molecule has 7 nitrogen and oxygen atoms in total. The number of fused-ring (bicyclic) bond motifs is 3. The highest BCUT2D eigenvalue weighted by Crippen LogP contribution is 2.48. The standard InChI is InChI=1S/C24H22N4O3S/c29-10-9-28-20(30)12-15-11-18-16(21(15)28)7-4-8-17(18)22-26-23(31-27-22)19-13-32-24(25-19)14-5-2-1-3-6-14/h1-8,13,15,21,23,29H,9-12H2,(H,26,27). The van der Waals surface area contributed by atoms with Crippen LogP contribution in [0.1, 0.15) is 41.1 Å². The zero-order valence-corrected chi connectivity index (χ0v) is 18.1. The van der Waals surface area contributed by atoms with Crippen LogP contribution in [0.3, 0.4) is 0 Å². The van der Waals surface area contributed by atoms with Gasteiger partial charge < -0.3 is 10.0 Å². The Morgan fingerprint density at radius 2 is 2.03 bits per heavy atom. The van der Waals surface area contributed by atoms with Crippen LogP contribution < -0.4 is 5.48 Å². The van der Waals surface area contributed by atoms with Crippen molar-refractivity contribution in [1.29, 1.82) is 0 Å². The Bertz CT molecular complexity index is 1210. The fourth-order valence-corrected chi connectivity index (χ4v) is 5.91. The van der Waals surface area contributed by atoms with Crippen LogP contribution in [-0.2, 0) is 16.1 Å². The summed E-state index contributed by atoms with van der Waals surface area (Å²) in [6.45, 7) is 0.355. The number of hydrogen-bond acceptors (Lipinski definition) is 7. The third-order valence-corrected chi connectivity index (χ3v) is 7.35. The number of rotatable bonds is 5. The summed E-state index contributed by atoms with van der Waals surface area (Å²) < 4.78 is 0. The molecule has 3 aromatic rings. The van der Waals surface area contributed by atoms with Crippen molar-refractivity contribution in [2.75, 3.05) is 13.2 Å². The summed E-state index contributed by atoms with van der Waals surface area (Å²) in [5.74, 6) is 1.07. The first-order valence-corrected chi connectivity index (χ1v) is 11.6. The van der Waals surface area contributed by atoms with E-state index in [-0.39, 0.29) is 24.5 Å². The molecular formula is C24H22N4O3S. The van der Waals surface area contributed by atoms with Gasteiger partial charge in [0, 0.05) is 29.5 Å². The predicted molar refractivity (Wildman–Crippen MR) is 121 cm³/mol. The second-order valence-corrected chi connectivity index (χ2v) is 9.15. The lowest BCUT2D eigenvalue weighted by Gasteiger charge is -2.24. The van der Waals surface area contributed by atoms with Gasteiger partial charge in [-0.3, -0.25) is 4.79 Å². The number of β-amino-alcohol motifs (C(OH)–C–C–N with tert-alkyl or cyclic N) is 1. The number of nitrogens with zero attached hydrogens (tertiary/aromatic N) is 3. The van der Waals surface area contributed by atoms with Crippen molar-refractivity contribution < 1.29 is 14.7 Å². The molecule has 2 N–H and O–H groups in total. The van der Waals surface area contributed by atoms with Crippen molar-refractivity contribution in [1.82, 2.24) is 15.4 Å². The number of hydrogen-bond donors (Lipinski definition) is 2. The normalized spacial score (nSPS) is 23.8. The molecule has 6 rings (SSSR count). The van der Waals surface area contributed by atoms with E-state index in [9.17, 15) is 9.90 Å². The third kappa shape index (κ3) is 3.14. The molecule has 1 amide bonds. The number of carbonyl (C=O) groups is 1. The van der Waals surface area contributed by atoms with Crippen LogP contribution in [0.2, 0.25) is 0 Å². The van der Waals surface area contributed by atoms with Crippen LogP contribution in [-0.4, -0.2) is 39.9 Å². The van der Waals surface area contributed by atoms with E-state index in [4.69, 9.17) is 14.8 Å². The topological polar surface area (TPSA) is 87.0 Å². The third-order valence-electron chi connectivity index (χ3n) is 6.44. The van der Waals surface area contributed by atoms with Crippen molar-refractivity contribution in [3.05, 3.63) is 76.3 Å². The first kappa shape index (κ1) is 19.6. The highest BCUT2D eigenvalue weighted by Gasteiger charge is 2.46. The number of aliphatic imine (C=N–C) groups is 1. The Balaban J connectivity index is 1.29. The van der Waals surface area contributed by atoms with Crippen LogP contribution in [0.4, 0.5) is 0 Å². The van der Waals surface area contributed by atoms with Crippen molar-refractivity contribution >= 4 is 23.1 Å². The average molecular weight is 447 g/mol. The number of carbonyl (C=O) groups excluding carboxylic acids is 1. The minimum atomic E-state index is -0.497. The summed E-state index contributed by atoms with van der Waals surface area (Å²) in [6.07, 6.45) is 0.853. The van der Waals surface area contributed by atoms with E-state index in [2.05, 4.69) is 11.5 Å². The SMILES string of the molecule is O=C1CC2Cc3c(C4=NC(c5csc(-c6ccccc6)n5)ON4)cccc3C2N1CCO. The number of nitrogens with one attached hydrogen (secondary N) is 1. The summed E-state index contributed by atoms with van der Waals surface area (Å²) in [6, 6.07) is 16.3. The van der Waals surface area contributed by atoms with E-state index in [1.54, 1.807) is 11.3 Å². The van der Waals surface area contributed by atoms with Gasteiger partial charge in [-0.15, -0.1) is 11.3 Å². The van der Waals surface area contributed by atoms with Gasteiger partial charge in [-0.1, -0.05) is 48.5 Å². The first-order chi connectivity index (χ1) is 15.7. The molecule has 3 aliphatic rings. The summed E-state index contributed by atoms with van der Waals surface area (Å²) in [5, 5.41) is 12.3. The summed E-state index contributed by atoms with van der Waals surface area (Å²) in [4.78, 5) is 29.5. The molecule has 1 fully saturated rings. The lowest BCUT2D eigenvalue weighted by atomic mass is 10.0. The Morgan fingerprint density at radius 3 is 2.88 bits per heavy atom. The van der Waals surface area contributed by atoms with Crippen LogP contribution in [0.5, 0.6) is 0 Å². The van der Waals surface area contributed by atoms with E-state index in [1.807, 2.05) is 52.7 Å². The molecule has 2 aromatic carbocycles. The van der Waals surface area contributed by atoms with E-state index >= 15 is 0 Å². The predicted octanol–water partition coefficient (Wildman–Crippen LogP) is 3.23. The molecule has 8 heteroatoms. The molecule has 0 radical (unpaired) electrons. The molecule has 162 valence electrons. The highest BCUT2D eigenvalue weighted by molar-refractivity contribution is 7.13. The molecule has 1 aliphatic carbocycles. The number of hydroxylamine groups is 1. The number of amidine groups is 1. The Kier molecular flexibility index (Phi) is 4.78. The van der Waals surface area contributed by atoms with Gasteiger partial charge in [0.2, 0.25) is 12.1 Å². The molecule has 3 heterocycles. The van der Waals surface area contributed by atoms with Gasteiger partial charge in [-0.2, -0.15) is 0 Å². The second-order valence-electron chi connectivity index (χ2n) is 8.29. The minimum absolute atomic E-state index is 0.0214. The monoisotopic (exact) mass is 446 g/mol. The molecule has 1 saturated heterocycles. The molecule has 0 saturated carbocycles. The van der Waals surface area contributed by atoms with Crippen molar-refractivity contribution in [3.8, 4) is 10.6 Å². The lowest BCUT2D eigenvalue weighted by molar-refractivity contribution is -0.129. The van der Waals surface area contributed by atoms with Gasteiger partial charge in [-0.05, 0) is 23.5 Å². The zero-order valence-electron chi connectivity index (χ0n) is 17.3. The van der Waals surface area contributed by atoms with Gasteiger partial charge >= 0.3 is 0 Å². The summed E-state index contributed by atoms with van der Waals surface area (Å²) in [7, 11) is 0. The summed E-state index contributed by atoms with van der Waals surface area (Å²) >= 11 is 1.58. The molecule has 3 atom stereocenters. The number of aromatic nitrogens is 1. The first-order valence-electron chi connectivity index (χ1n) is 10.8. The molecule has 1 aromatic heterocycles. The van der Waals surface area contributed by atoms with Crippen LogP contribution in [0.25, 0.3) is 10.6 Å². The smallest absolute Gasteiger partial charge is 0.223 e. The Hall–Kier alpha value is -3.07. The van der Waals surface area contributed by atoms with E-state index < -0.39 is 6.23 Å². The van der Waals surface area contributed by atoms with Gasteiger partial charge in [0.25, 0.3) is 0 Å². The minimum Gasteiger partial charge on any atom is -0.395 e. The maximum Gasteiger partial charge on any atom is 0.223 e. The molecule has 2 aliphatic heterocycles. The quantitative estimate of drug-likeness (QED) is 0.628. The average Bonchev–Trinajstić information content (AvgIpc) is 3.59. The molecule has 0 spiro atoms. The van der Waals surface area contributed by atoms with E-state index in [1.165, 1.54) is 5.56 Å². The maximum absolute atomic E-state index is 12.4. The van der Waals surface area contributed by atoms with Crippen molar-refractivity contribution in [2.45, 2.75) is 25.1 Å². The van der Waals surface area contributed by atoms with Gasteiger partial charge in [0.05, 0.1) is 12.6 Å². The van der Waals surface area contributed by atoms with E-state index in [0.29, 0.717) is 18.8 Å². The van der Waals surface area contributed by atoms with Crippen molar-refractivity contribution in [3.63, 3.8) is 0 Å². The van der Waals surface area contributed by atoms with Crippen molar-refractivity contribution in [2.24, 2.45) is 10.9 Å². The Labute approximate surface area is 189 Å². The fraction of sp³-hybridized carbons (Fsp3) is 0.292. The number of thiazole rings is 1. The lowest BCUT2D eigenvalue weighted by Crippen LogP contribution is -2.30. The molecule has 32 heavy (non-hydrogen) atoms. The number of benzene rings is 2. The molecule has 0 bridgehead atoms. The zero-order chi connectivity index (χ0) is 21.7. The van der Waals surface area contributed by atoms with Gasteiger partial charge in [-0.25, -0.2) is 20.3 Å². The van der Waals surface area contributed by atoms with E-state index in [0.717, 1.165) is 33.8 Å². The second kappa shape index (κ2) is 7.81. The largest absolute Gasteiger partial charge is 0.395 e.